The monoisotopic (exact) mass is 336 g/mol. The van der Waals surface area contributed by atoms with Crippen LogP contribution in [0.5, 0.6) is 0 Å². The predicted molar refractivity (Wildman–Crippen MR) is 89.9 cm³/mol. The Morgan fingerprint density at radius 2 is 1.96 bits per heavy atom. The van der Waals surface area contributed by atoms with Gasteiger partial charge in [0.15, 0.2) is 11.5 Å². The lowest BCUT2D eigenvalue weighted by atomic mass is 10.4. The number of aliphatic hydroxyl groups excluding tert-OH is 1. The van der Waals surface area contributed by atoms with Crippen LogP contribution in [0.3, 0.4) is 0 Å². The lowest BCUT2D eigenvalue weighted by Crippen LogP contribution is -2.33. The molecule has 0 amide bonds. The SMILES string of the molecule is NCCCn1cc[n+](CCCN)c1N=Nc1cnn(CCO)c1N. The van der Waals surface area contributed by atoms with Gasteiger partial charge in [0.05, 0.1) is 44.8 Å². The van der Waals surface area contributed by atoms with Crippen molar-refractivity contribution >= 4 is 17.5 Å². The molecule has 10 nitrogen and oxygen atoms in total. The van der Waals surface area contributed by atoms with Gasteiger partial charge >= 0.3 is 5.95 Å². The van der Waals surface area contributed by atoms with Crippen molar-refractivity contribution in [2.24, 2.45) is 21.7 Å². The molecule has 0 atom stereocenters. The summed E-state index contributed by atoms with van der Waals surface area (Å²) >= 11 is 0. The molecule has 0 spiro atoms. The van der Waals surface area contributed by atoms with E-state index in [-0.39, 0.29) is 6.61 Å². The normalized spacial score (nSPS) is 11.6. The number of aliphatic hydroxyl groups is 1. The molecule has 24 heavy (non-hydrogen) atoms. The van der Waals surface area contributed by atoms with Crippen molar-refractivity contribution < 1.29 is 9.67 Å². The van der Waals surface area contributed by atoms with Crippen molar-refractivity contribution in [1.29, 1.82) is 0 Å². The van der Waals surface area contributed by atoms with Gasteiger partial charge < -0.3 is 22.3 Å². The van der Waals surface area contributed by atoms with E-state index < -0.39 is 0 Å². The maximum Gasteiger partial charge on any atom is 0.421 e. The maximum atomic E-state index is 8.97. The van der Waals surface area contributed by atoms with Crippen molar-refractivity contribution in [3.8, 4) is 0 Å². The van der Waals surface area contributed by atoms with Crippen molar-refractivity contribution in [2.45, 2.75) is 32.5 Å². The van der Waals surface area contributed by atoms with Crippen LogP contribution in [0.4, 0.5) is 17.5 Å². The fourth-order valence-electron chi connectivity index (χ4n) is 2.28. The molecule has 132 valence electrons. The van der Waals surface area contributed by atoms with Gasteiger partial charge in [-0.1, -0.05) is 5.11 Å². The third-order valence-corrected chi connectivity index (χ3v) is 3.57. The van der Waals surface area contributed by atoms with Gasteiger partial charge in [-0.05, 0) is 25.9 Å². The van der Waals surface area contributed by atoms with Gasteiger partial charge in [-0.25, -0.2) is 13.8 Å². The molecule has 2 aromatic heterocycles. The molecule has 0 aliphatic rings. The second-order valence-corrected chi connectivity index (χ2v) is 5.33. The van der Waals surface area contributed by atoms with E-state index in [0.717, 1.165) is 25.9 Å². The Morgan fingerprint density at radius 1 is 1.17 bits per heavy atom. The molecule has 2 heterocycles. The summed E-state index contributed by atoms with van der Waals surface area (Å²) in [5.41, 5.74) is 17.6. The average Bonchev–Trinajstić information content (AvgIpc) is 3.13. The number of azo groups is 1. The van der Waals surface area contributed by atoms with Gasteiger partial charge in [0.25, 0.3) is 0 Å². The molecule has 0 saturated heterocycles. The van der Waals surface area contributed by atoms with Crippen LogP contribution >= 0.6 is 0 Å². The number of nitrogens with zero attached hydrogens (tertiary/aromatic N) is 6. The maximum absolute atomic E-state index is 8.97. The summed E-state index contributed by atoms with van der Waals surface area (Å²) in [5, 5.41) is 21.6. The molecule has 0 aromatic carbocycles. The first kappa shape index (κ1) is 18.0. The third-order valence-electron chi connectivity index (χ3n) is 3.57. The molecular weight excluding hydrogens is 310 g/mol. The second kappa shape index (κ2) is 9.11. The zero-order valence-electron chi connectivity index (χ0n) is 13.8. The zero-order valence-corrected chi connectivity index (χ0v) is 13.8. The molecule has 0 unspecified atom stereocenters. The topological polar surface area (TPSA) is 150 Å². The van der Waals surface area contributed by atoms with Gasteiger partial charge in [0.2, 0.25) is 0 Å². The van der Waals surface area contributed by atoms with Crippen molar-refractivity contribution in [2.75, 3.05) is 25.4 Å². The summed E-state index contributed by atoms with van der Waals surface area (Å²) < 4.78 is 5.49. The fraction of sp³-hybridized carbons (Fsp3) is 0.571. The minimum Gasteiger partial charge on any atom is -0.394 e. The molecule has 0 fully saturated rings. The molecule has 0 aliphatic heterocycles. The van der Waals surface area contributed by atoms with Crippen LogP contribution in [0.15, 0.2) is 28.8 Å². The van der Waals surface area contributed by atoms with Crippen LogP contribution in [0.2, 0.25) is 0 Å². The van der Waals surface area contributed by atoms with E-state index in [1.54, 1.807) is 0 Å². The molecule has 10 heteroatoms. The Hall–Kier alpha value is -2.30. The number of nitrogen functional groups attached to an aromatic ring is 1. The Labute approximate surface area is 140 Å². The highest BCUT2D eigenvalue weighted by molar-refractivity contribution is 5.56. The van der Waals surface area contributed by atoms with Gasteiger partial charge in [0, 0.05) is 5.11 Å². The van der Waals surface area contributed by atoms with Crippen LogP contribution in [-0.2, 0) is 19.6 Å². The molecular formula is C14H26N9O+. The summed E-state index contributed by atoms with van der Waals surface area (Å²) in [5.74, 6) is 1.09. The highest BCUT2D eigenvalue weighted by Gasteiger charge is 2.17. The Bertz CT molecular complexity index is 636. The Kier molecular flexibility index (Phi) is 6.85. The number of nitrogens with two attached hydrogens (primary N) is 3. The fourth-order valence-corrected chi connectivity index (χ4v) is 2.28. The lowest BCUT2D eigenvalue weighted by Gasteiger charge is -2.00. The van der Waals surface area contributed by atoms with Crippen LogP contribution in [0.25, 0.3) is 0 Å². The molecule has 0 aliphatic carbocycles. The van der Waals surface area contributed by atoms with Crippen molar-refractivity contribution in [3.63, 3.8) is 0 Å². The first-order valence-electron chi connectivity index (χ1n) is 8.03. The minimum atomic E-state index is -0.0382. The van der Waals surface area contributed by atoms with E-state index in [0.29, 0.717) is 37.1 Å². The van der Waals surface area contributed by atoms with Crippen LogP contribution in [-0.4, -0.2) is 39.2 Å². The van der Waals surface area contributed by atoms with E-state index in [4.69, 9.17) is 22.3 Å². The summed E-state index contributed by atoms with van der Waals surface area (Å²) in [6.07, 6.45) is 7.15. The van der Waals surface area contributed by atoms with Crippen LogP contribution < -0.4 is 21.8 Å². The van der Waals surface area contributed by atoms with Gasteiger partial charge in [-0.2, -0.15) is 5.10 Å². The molecule has 0 radical (unpaired) electrons. The number of hydrogen-bond acceptors (Lipinski definition) is 7. The number of imidazole rings is 1. The summed E-state index contributed by atoms with van der Waals surface area (Å²) in [6.45, 7) is 3.03. The first-order chi connectivity index (χ1) is 11.7. The molecule has 0 saturated carbocycles. The van der Waals surface area contributed by atoms with Gasteiger partial charge in [-0.3, -0.25) is 0 Å². The largest absolute Gasteiger partial charge is 0.421 e. The summed E-state index contributed by atoms with van der Waals surface area (Å²) in [6, 6.07) is 0. The number of rotatable bonds is 10. The molecule has 7 N–H and O–H groups in total. The number of aryl methyl sites for hydroxylation is 2. The van der Waals surface area contributed by atoms with Gasteiger partial charge in [-0.15, -0.1) is 0 Å². The quantitative estimate of drug-likeness (QED) is 0.346. The third kappa shape index (κ3) is 4.37. The Balaban J connectivity index is 2.23. The predicted octanol–water partition coefficient (Wildman–Crippen LogP) is -0.340. The first-order valence-corrected chi connectivity index (χ1v) is 8.03. The number of hydrogen-bond donors (Lipinski definition) is 4. The standard InChI is InChI=1S/C14H25N9O/c15-3-1-5-21-7-8-22(6-2-4-16)14(21)20-19-12-11-18-23(9-10-24)13(12)17/h7-8,11,17,24H,1-6,9-10,15-16H2/p+1. The van der Waals surface area contributed by atoms with Crippen molar-refractivity contribution in [1.82, 2.24) is 14.3 Å². The highest BCUT2D eigenvalue weighted by atomic mass is 16.3. The average molecular weight is 336 g/mol. The smallest absolute Gasteiger partial charge is 0.394 e. The highest BCUT2D eigenvalue weighted by Crippen LogP contribution is 2.23. The minimum absolute atomic E-state index is 0.0382. The number of aromatic nitrogens is 4. The molecule has 2 rings (SSSR count). The summed E-state index contributed by atoms with van der Waals surface area (Å²) in [4.78, 5) is 0. The summed E-state index contributed by atoms with van der Waals surface area (Å²) in [7, 11) is 0. The lowest BCUT2D eigenvalue weighted by molar-refractivity contribution is -0.683. The van der Waals surface area contributed by atoms with E-state index in [1.807, 2.05) is 21.5 Å². The van der Waals surface area contributed by atoms with Gasteiger partial charge in [0.1, 0.15) is 0 Å². The van der Waals surface area contributed by atoms with Crippen molar-refractivity contribution in [3.05, 3.63) is 18.6 Å². The molecule has 0 bridgehead atoms. The Morgan fingerprint density at radius 3 is 2.67 bits per heavy atom. The van der Waals surface area contributed by atoms with Crippen LogP contribution in [0.1, 0.15) is 12.8 Å². The van der Waals surface area contributed by atoms with Crippen LogP contribution in [0, 0.1) is 0 Å². The second-order valence-electron chi connectivity index (χ2n) is 5.33. The van der Waals surface area contributed by atoms with E-state index >= 15 is 0 Å². The number of anilines is 1. The van der Waals surface area contributed by atoms with E-state index in [9.17, 15) is 0 Å². The van der Waals surface area contributed by atoms with E-state index in [2.05, 4.69) is 15.3 Å². The molecule has 2 aromatic rings. The van der Waals surface area contributed by atoms with E-state index in [1.165, 1.54) is 10.9 Å². The zero-order chi connectivity index (χ0) is 17.4.